The van der Waals surface area contributed by atoms with Crippen LogP contribution in [-0.2, 0) is 6.54 Å². The Kier molecular flexibility index (Phi) is 6.15. The lowest BCUT2D eigenvalue weighted by Crippen LogP contribution is -2.32. The number of aryl methyl sites for hydroxylation is 2. The average molecular weight is 461 g/mol. The molecule has 34 heavy (non-hydrogen) atoms. The van der Waals surface area contributed by atoms with E-state index in [9.17, 15) is 4.39 Å². The lowest BCUT2D eigenvalue weighted by molar-refractivity contribution is 0.338. The van der Waals surface area contributed by atoms with Gasteiger partial charge in [0.15, 0.2) is 11.6 Å². The van der Waals surface area contributed by atoms with Gasteiger partial charge in [-0.1, -0.05) is 30.3 Å². The molecule has 1 N–H and O–H groups in total. The number of benzene rings is 2. The first-order valence-electron chi connectivity index (χ1n) is 11.7. The molecule has 0 spiro atoms. The van der Waals surface area contributed by atoms with E-state index in [1.807, 2.05) is 26.8 Å². The SMILES string of the molecule is CCOc1ccc(-n2nc3c(N4CCC(NCc5ccccc5)C4)nnc(C)c3c2C)c(F)c1. The molecular weight excluding hydrogens is 431 g/mol. The summed E-state index contributed by atoms with van der Waals surface area (Å²) in [6.45, 7) is 8.74. The quantitative estimate of drug-likeness (QED) is 0.443. The van der Waals surface area contributed by atoms with Crippen molar-refractivity contribution in [2.45, 2.75) is 39.8 Å². The molecule has 5 rings (SSSR count). The van der Waals surface area contributed by atoms with Crippen molar-refractivity contribution >= 4 is 16.7 Å². The number of aromatic nitrogens is 4. The van der Waals surface area contributed by atoms with Crippen molar-refractivity contribution in [2.75, 3.05) is 24.6 Å². The molecular formula is C26H29FN6O. The van der Waals surface area contributed by atoms with Gasteiger partial charge in [-0.15, -0.1) is 5.10 Å². The molecule has 0 saturated carbocycles. The Labute approximate surface area is 198 Å². The molecule has 0 radical (unpaired) electrons. The molecule has 1 unspecified atom stereocenters. The first-order chi connectivity index (χ1) is 16.5. The molecule has 4 aromatic rings. The minimum Gasteiger partial charge on any atom is -0.494 e. The molecule has 1 aliphatic rings. The fourth-order valence-corrected chi connectivity index (χ4v) is 4.65. The van der Waals surface area contributed by atoms with E-state index in [0.717, 1.165) is 54.2 Å². The Morgan fingerprint density at radius 2 is 1.94 bits per heavy atom. The molecule has 1 fully saturated rings. The number of hydrogen-bond donors (Lipinski definition) is 1. The van der Waals surface area contributed by atoms with Crippen LogP contribution in [0.25, 0.3) is 16.6 Å². The fraction of sp³-hybridized carbons (Fsp3) is 0.346. The number of fused-ring (bicyclic) bond motifs is 1. The molecule has 7 nitrogen and oxygen atoms in total. The second-order valence-electron chi connectivity index (χ2n) is 8.67. The number of ether oxygens (including phenoxy) is 1. The van der Waals surface area contributed by atoms with Gasteiger partial charge < -0.3 is 15.0 Å². The van der Waals surface area contributed by atoms with Gasteiger partial charge in [-0.2, -0.15) is 10.2 Å². The zero-order chi connectivity index (χ0) is 23.7. The molecule has 0 bridgehead atoms. The Hall–Kier alpha value is -3.52. The van der Waals surface area contributed by atoms with Crippen molar-refractivity contribution in [1.82, 2.24) is 25.3 Å². The predicted octanol–water partition coefficient (Wildman–Crippen LogP) is 4.34. The molecule has 1 saturated heterocycles. The van der Waals surface area contributed by atoms with Crippen molar-refractivity contribution in [3.8, 4) is 11.4 Å². The van der Waals surface area contributed by atoms with Gasteiger partial charge in [-0.25, -0.2) is 9.07 Å². The molecule has 0 aliphatic carbocycles. The van der Waals surface area contributed by atoms with Crippen LogP contribution in [0.2, 0.25) is 0 Å². The Morgan fingerprint density at radius 1 is 1.12 bits per heavy atom. The van der Waals surface area contributed by atoms with Crippen LogP contribution >= 0.6 is 0 Å². The van der Waals surface area contributed by atoms with Crippen LogP contribution in [0.15, 0.2) is 48.5 Å². The van der Waals surface area contributed by atoms with Crippen LogP contribution < -0.4 is 15.0 Å². The van der Waals surface area contributed by atoms with E-state index in [4.69, 9.17) is 9.84 Å². The highest BCUT2D eigenvalue weighted by molar-refractivity contribution is 5.92. The van der Waals surface area contributed by atoms with E-state index in [-0.39, 0.29) is 5.82 Å². The molecule has 3 heterocycles. The summed E-state index contributed by atoms with van der Waals surface area (Å²) in [5.41, 5.74) is 4.02. The number of nitrogens with zero attached hydrogens (tertiary/aromatic N) is 5. The number of nitrogens with one attached hydrogen (secondary N) is 1. The highest BCUT2D eigenvalue weighted by atomic mass is 19.1. The molecule has 2 aromatic heterocycles. The summed E-state index contributed by atoms with van der Waals surface area (Å²) in [5.74, 6) is 0.871. The largest absolute Gasteiger partial charge is 0.494 e. The van der Waals surface area contributed by atoms with E-state index in [1.54, 1.807) is 16.8 Å². The summed E-state index contributed by atoms with van der Waals surface area (Å²) in [7, 11) is 0. The maximum absolute atomic E-state index is 15.0. The van der Waals surface area contributed by atoms with E-state index >= 15 is 0 Å². The van der Waals surface area contributed by atoms with Crippen molar-refractivity contribution in [1.29, 1.82) is 0 Å². The fourth-order valence-electron chi connectivity index (χ4n) is 4.65. The highest BCUT2D eigenvalue weighted by Gasteiger charge is 2.27. The van der Waals surface area contributed by atoms with Gasteiger partial charge in [0.05, 0.1) is 23.4 Å². The number of rotatable bonds is 7. The van der Waals surface area contributed by atoms with Crippen molar-refractivity contribution < 1.29 is 9.13 Å². The lowest BCUT2D eigenvalue weighted by Gasteiger charge is -2.18. The topological polar surface area (TPSA) is 68.1 Å². The average Bonchev–Trinajstić information content (AvgIpc) is 3.44. The van der Waals surface area contributed by atoms with E-state index in [1.165, 1.54) is 11.6 Å². The number of anilines is 1. The lowest BCUT2D eigenvalue weighted by atomic mass is 10.2. The van der Waals surface area contributed by atoms with Gasteiger partial charge in [0.1, 0.15) is 17.0 Å². The van der Waals surface area contributed by atoms with Gasteiger partial charge in [-0.3, -0.25) is 0 Å². The van der Waals surface area contributed by atoms with E-state index in [2.05, 4.69) is 44.7 Å². The Morgan fingerprint density at radius 3 is 2.71 bits per heavy atom. The summed E-state index contributed by atoms with van der Waals surface area (Å²) in [6, 6.07) is 15.6. The summed E-state index contributed by atoms with van der Waals surface area (Å²) in [5, 5.41) is 18.3. The zero-order valence-electron chi connectivity index (χ0n) is 19.8. The third-order valence-electron chi connectivity index (χ3n) is 6.37. The van der Waals surface area contributed by atoms with Crippen LogP contribution in [0, 0.1) is 19.7 Å². The first kappa shape index (κ1) is 22.3. The molecule has 2 aromatic carbocycles. The Bertz CT molecular complexity index is 1310. The Balaban J connectivity index is 1.43. The third kappa shape index (κ3) is 4.21. The zero-order valence-corrected chi connectivity index (χ0v) is 19.8. The third-order valence-corrected chi connectivity index (χ3v) is 6.37. The van der Waals surface area contributed by atoms with Gasteiger partial charge in [0, 0.05) is 31.7 Å². The van der Waals surface area contributed by atoms with Gasteiger partial charge in [-0.05, 0) is 44.9 Å². The van der Waals surface area contributed by atoms with Crippen LogP contribution in [0.3, 0.4) is 0 Å². The van der Waals surface area contributed by atoms with Gasteiger partial charge in [0.25, 0.3) is 0 Å². The number of hydrogen-bond acceptors (Lipinski definition) is 6. The molecule has 176 valence electrons. The van der Waals surface area contributed by atoms with Gasteiger partial charge in [0.2, 0.25) is 0 Å². The molecule has 8 heteroatoms. The van der Waals surface area contributed by atoms with Crippen molar-refractivity contribution in [2.24, 2.45) is 0 Å². The summed E-state index contributed by atoms with van der Waals surface area (Å²) in [6.07, 6.45) is 1.01. The van der Waals surface area contributed by atoms with Crippen molar-refractivity contribution in [3.63, 3.8) is 0 Å². The monoisotopic (exact) mass is 460 g/mol. The minimum absolute atomic E-state index is 0.352. The minimum atomic E-state index is -0.381. The maximum atomic E-state index is 15.0. The second-order valence-corrected chi connectivity index (χ2v) is 8.67. The first-order valence-corrected chi connectivity index (χ1v) is 11.7. The van der Waals surface area contributed by atoms with Gasteiger partial charge >= 0.3 is 0 Å². The smallest absolute Gasteiger partial charge is 0.179 e. The normalized spacial score (nSPS) is 15.9. The highest BCUT2D eigenvalue weighted by Crippen LogP contribution is 2.32. The van der Waals surface area contributed by atoms with Crippen LogP contribution in [0.4, 0.5) is 10.2 Å². The van der Waals surface area contributed by atoms with Crippen molar-refractivity contribution in [3.05, 3.63) is 71.3 Å². The maximum Gasteiger partial charge on any atom is 0.179 e. The molecule has 0 amide bonds. The molecule has 1 atom stereocenters. The summed E-state index contributed by atoms with van der Waals surface area (Å²) < 4.78 is 22.0. The van der Waals surface area contributed by atoms with Crippen LogP contribution in [0.1, 0.15) is 30.3 Å². The summed E-state index contributed by atoms with van der Waals surface area (Å²) >= 11 is 0. The predicted molar refractivity (Wildman–Crippen MR) is 131 cm³/mol. The van der Waals surface area contributed by atoms with Crippen LogP contribution in [-0.4, -0.2) is 45.7 Å². The standard InChI is InChI=1S/C26H29FN6O/c1-4-34-21-10-11-23(22(27)14-21)33-18(3)24-17(2)29-30-26(25(24)31-33)32-13-12-20(16-32)28-15-19-8-6-5-7-9-19/h5-11,14,20,28H,4,12-13,15-16H2,1-3H3. The second kappa shape index (κ2) is 9.38. The molecule has 1 aliphatic heterocycles. The van der Waals surface area contributed by atoms with Crippen LogP contribution in [0.5, 0.6) is 5.75 Å². The van der Waals surface area contributed by atoms with E-state index < -0.39 is 0 Å². The van der Waals surface area contributed by atoms with E-state index in [0.29, 0.717) is 24.1 Å². The number of halogens is 1. The summed E-state index contributed by atoms with van der Waals surface area (Å²) in [4.78, 5) is 2.22.